The molecular weight excluding hydrogens is 366 g/mol. The number of nitrogens with zero attached hydrogens (tertiary/aromatic N) is 2. The third kappa shape index (κ3) is 3.91. The topological polar surface area (TPSA) is 70.1 Å². The predicted molar refractivity (Wildman–Crippen MR) is 88.9 cm³/mol. The molecule has 1 amide bonds. The highest BCUT2D eigenvalue weighted by Gasteiger charge is 2.32. The first-order chi connectivity index (χ1) is 12.7. The molecule has 0 aliphatic heterocycles. The Morgan fingerprint density at radius 1 is 1.15 bits per heavy atom. The van der Waals surface area contributed by atoms with E-state index in [4.69, 9.17) is 5.73 Å². The lowest BCUT2D eigenvalue weighted by Crippen LogP contribution is -2.17. The summed E-state index contributed by atoms with van der Waals surface area (Å²) in [4.78, 5) is 11.3. The number of hydrogen-bond donors (Lipinski definition) is 1. The first-order valence-electron chi connectivity index (χ1n) is 7.67. The third-order valence-corrected chi connectivity index (χ3v) is 3.74. The predicted octanol–water partition coefficient (Wildman–Crippen LogP) is 3.98. The van der Waals surface area contributed by atoms with Crippen LogP contribution in [0.4, 0.5) is 17.6 Å². The molecule has 2 N–H and O–H groups in total. The summed E-state index contributed by atoms with van der Waals surface area (Å²) in [5.74, 6) is -1.87. The van der Waals surface area contributed by atoms with Crippen molar-refractivity contribution < 1.29 is 27.1 Å². The van der Waals surface area contributed by atoms with E-state index in [9.17, 15) is 22.4 Å². The van der Waals surface area contributed by atoms with E-state index in [1.54, 1.807) is 6.92 Å². The Morgan fingerprint density at radius 2 is 1.85 bits per heavy atom. The molecule has 0 saturated heterocycles. The van der Waals surface area contributed by atoms with Crippen molar-refractivity contribution in [3.63, 3.8) is 0 Å². The molecule has 140 valence electrons. The van der Waals surface area contributed by atoms with Gasteiger partial charge in [0.05, 0.1) is 0 Å². The number of halogens is 4. The van der Waals surface area contributed by atoms with Gasteiger partial charge in [-0.15, -0.1) is 13.2 Å². The van der Waals surface area contributed by atoms with Crippen LogP contribution in [-0.2, 0) is 0 Å². The van der Waals surface area contributed by atoms with Crippen LogP contribution in [0.25, 0.3) is 16.8 Å². The molecule has 0 fully saturated rings. The zero-order chi connectivity index (χ0) is 19.8. The van der Waals surface area contributed by atoms with Crippen molar-refractivity contribution in [2.45, 2.75) is 13.3 Å². The fraction of sp³-hybridized carbons (Fsp3) is 0.111. The fourth-order valence-corrected chi connectivity index (χ4v) is 2.60. The van der Waals surface area contributed by atoms with Gasteiger partial charge in [0, 0.05) is 11.3 Å². The minimum absolute atomic E-state index is 0.0423. The van der Waals surface area contributed by atoms with Crippen molar-refractivity contribution in [1.29, 1.82) is 0 Å². The van der Waals surface area contributed by atoms with Crippen LogP contribution >= 0.6 is 0 Å². The van der Waals surface area contributed by atoms with Crippen molar-refractivity contribution in [2.24, 2.45) is 5.73 Å². The van der Waals surface area contributed by atoms with Crippen LogP contribution in [0.2, 0.25) is 0 Å². The minimum Gasteiger partial charge on any atom is -0.405 e. The quantitative estimate of drug-likeness (QED) is 0.697. The van der Waals surface area contributed by atoms with Crippen molar-refractivity contribution in [2.75, 3.05) is 0 Å². The van der Waals surface area contributed by atoms with Gasteiger partial charge in [-0.1, -0.05) is 24.3 Å². The number of rotatable bonds is 4. The molecule has 0 unspecified atom stereocenters. The van der Waals surface area contributed by atoms with Crippen LogP contribution in [0.3, 0.4) is 0 Å². The highest BCUT2D eigenvalue weighted by atomic mass is 19.4. The highest BCUT2D eigenvalue weighted by molar-refractivity contribution is 5.90. The molecule has 0 bridgehead atoms. The molecule has 3 rings (SSSR count). The number of alkyl halides is 3. The number of aryl methyl sites for hydroxylation is 1. The van der Waals surface area contributed by atoms with Gasteiger partial charge >= 0.3 is 6.36 Å². The van der Waals surface area contributed by atoms with E-state index in [1.807, 2.05) is 0 Å². The number of ether oxygens (including phenoxy) is 1. The Morgan fingerprint density at radius 3 is 2.48 bits per heavy atom. The van der Waals surface area contributed by atoms with Crippen molar-refractivity contribution in [3.8, 4) is 22.6 Å². The molecule has 0 spiro atoms. The molecular formula is C18H13F4N3O2. The smallest absolute Gasteiger partial charge is 0.405 e. The minimum atomic E-state index is -4.87. The van der Waals surface area contributed by atoms with E-state index < -0.39 is 23.8 Å². The van der Waals surface area contributed by atoms with Crippen molar-refractivity contribution >= 4 is 5.91 Å². The number of nitrogens with two attached hydrogens (primary N) is 1. The Kier molecular flexibility index (Phi) is 4.61. The molecule has 2 aromatic carbocycles. The van der Waals surface area contributed by atoms with Gasteiger partial charge in [0.1, 0.15) is 17.3 Å². The summed E-state index contributed by atoms with van der Waals surface area (Å²) in [6.45, 7) is 1.59. The van der Waals surface area contributed by atoms with Crippen LogP contribution in [-0.4, -0.2) is 22.1 Å². The number of carbonyl (C=O) groups excluding carboxylic acids is 1. The number of benzene rings is 2. The summed E-state index contributed by atoms with van der Waals surface area (Å²) in [5.41, 5.74) is 5.91. The summed E-state index contributed by atoms with van der Waals surface area (Å²) in [7, 11) is 0. The molecule has 3 aromatic rings. The largest absolute Gasteiger partial charge is 0.573 e. The maximum Gasteiger partial charge on any atom is 0.573 e. The van der Waals surface area contributed by atoms with Gasteiger partial charge in [-0.2, -0.15) is 5.10 Å². The van der Waals surface area contributed by atoms with Gasteiger partial charge in [-0.3, -0.25) is 4.79 Å². The van der Waals surface area contributed by atoms with E-state index in [2.05, 4.69) is 9.84 Å². The molecule has 27 heavy (non-hydrogen) atoms. The van der Waals surface area contributed by atoms with Crippen molar-refractivity contribution in [1.82, 2.24) is 9.78 Å². The van der Waals surface area contributed by atoms with Crippen LogP contribution < -0.4 is 10.5 Å². The number of amides is 1. The van der Waals surface area contributed by atoms with Gasteiger partial charge in [0.25, 0.3) is 5.91 Å². The number of para-hydroxylation sites is 1. The number of primary amides is 1. The zero-order valence-corrected chi connectivity index (χ0v) is 13.9. The molecule has 0 aliphatic rings. The summed E-state index contributed by atoms with van der Waals surface area (Å²) in [5, 5.41) is 3.95. The average molecular weight is 379 g/mol. The average Bonchev–Trinajstić information content (AvgIpc) is 2.97. The van der Waals surface area contributed by atoms with Crippen molar-refractivity contribution in [3.05, 3.63) is 65.7 Å². The van der Waals surface area contributed by atoms with Gasteiger partial charge in [0.15, 0.2) is 5.69 Å². The van der Waals surface area contributed by atoms with Crippen LogP contribution in [0, 0.1) is 12.7 Å². The monoisotopic (exact) mass is 379 g/mol. The Bertz CT molecular complexity index is 1010. The lowest BCUT2D eigenvalue weighted by Gasteiger charge is -2.14. The van der Waals surface area contributed by atoms with Gasteiger partial charge < -0.3 is 10.5 Å². The lowest BCUT2D eigenvalue weighted by atomic mass is 10.0. The van der Waals surface area contributed by atoms with E-state index in [1.165, 1.54) is 36.4 Å². The summed E-state index contributed by atoms with van der Waals surface area (Å²) in [6.07, 6.45) is -4.87. The molecule has 9 heteroatoms. The van der Waals surface area contributed by atoms with E-state index in [0.717, 1.165) is 16.8 Å². The molecule has 5 nitrogen and oxygen atoms in total. The normalized spacial score (nSPS) is 11.4. The molecule has 0 saturated carbocycles. The number of aromatic nitrogens is 2. The number of carbonyl (C=O) groups is 1. The Hall–Kier alpha value is -3.36. The maximum atomic E-state index is 14.3. The van der Waals surface area contributed by atoms with E-state index in [0.29, 0.717) is 5.69 Å². The fourth-order valence-electron chi connectivity index (χ4n) is 2.60. The van der Waals surface area contributed by atoms with Gasteiger partial charge in [-0.25, -0.2) is 9.07 Å². The van der Waals surface area contributed by atoms with Crippen LogP contribution in [0.5, 0.6) is 5.75 Å². The first kappa shape index (κ1) is 18.4. The zero-order valence-electron chi connectivity index (χ0n) is 13.9. The summed E-state index contributed by atoms with van der Waals surface area (Å²) in [6, 6.07) is 10.6. The second-order valence-corrected chi connectivity index (χ2v) is 5.66. The Labute approximate surface area is 151 Å². The SMILES string of the molecule is Cc1cc(C(N)=O)nn1-c1cc(-c2ccccc2OC(F)(F)F)ccc1F. The second-order valence-electron chi connectivity index (χ2n) is 5.66. The van der Waals surface area contributed by atoms with Crippen LogP contribution in [0.1, 0.15) is 16.2 Å². The molecule has 0 radical (unpaired) electrons. The Balaban J connectivity index is 2.11. The maximum absolute atomic E-state index is 14.3. The molecule has 0 atom stereocenters. The van der Waals surface area contributed by atoms with Gasteiger partial charge in [0.2, 0.25) is 0 Å². The highest BCUT2D eigenvalue weighted by Crippen LogP contribution is 2.35. The summed E-state index contributed by atoms with van der Waals surface area (Å²) >= 11 is 0. The molecule has 1 heterocycles. The van der Waals surface area contributed by atoms with E-state index in [-0.39, 0.29) is 22.5 Å². The molecule has 0 aliphatic carbocycles. The van der Waals surface area contributed by atoms with E-state index >= 15 is 0 Å². The lowest BCUT2D eigenvalue weighted by molar-refractivity contribution is -0.274. The second kappa shape index (κ2) is 6.75. The third-order valence-electron chi connectivity index (χ3n) is 3.74. The van der Waals surface area contributed by atoms with Gasteiger partial charge in [-0.05, 0) is 36.8 Å². The standard InChI is InChI=1S/C18H13F4N3O2/c1-10-8-14(17(23)26)24-25(10)15-9-11(6-7-13(15)19)12-4-2-3-5-16(12)27-18(20,21)22/h2-9H,1H3,(H2,23,26). The first-order valence-corrected chi connectivity index (χ1v) is 7.67. The van der Waals surface area contributed by atoms with Crippen LogP contribution in [0.15, 0.2) is 48.5 Å². The molecule has 1 aromatic heterocycles. The summed E-state index contributed by atoms with van der Waals surface area (Å²) < 4.78 is 57.5. The number of hydrogen-bond acceptors (Lipinski definition) is 3.